The van der Waals surface area contributed by atoms with E-state index in [1.54, 1.807) is 18.2 Å². The van der Waals surface area contributed by atoms with Crippen molar-refractivity contribution in [2.45, 2.75) is 6.54 Å². The summed E-state index contributed by atoms with van der Waals surface area (Å²) in [6, 6.07) is 15.2. The van der Waals surface area contributed by atoms with Crippen molar-refractivity contribution in [3.8, 4) is 0 Å². The average molecular weight is 418 g/mol. The highest BCUT2D eigenvalue weighted by atomic mass is 35.5. The molecule has 0 bridgehead atoms. The smallest absolute Gasteiger partial charge is 0.414 e. The predicted octanol–water partition coefficient (Wildman–Crippen LogP) is 2.50. The van der Waals surface area contributed by atoms with Crippen LogP contribution in [0, 0.1) is 0 Å². The van der Waals surface area contributed by atoms with Crippen LogP contribution in [0.3, 0.4) is 0 Å². The molecular weight excluding hydrogens is 398 g/mol. The molecule has 5 N–H and O–H groups in total. The van der Waals surface area contributed by atoms with Gasteiger partial charge in [-0.25, -0.2) is 9.59 Å². The van der Waals surface area contributed by atoms with Crippen LogP contribution in [0.5, 0.6) is 0 Å². The molecule has 9 heteroatoms. The number of rotatable bonds is 6. The number of aliphatic carboxylic acids is 2. The molecule has 2 aromatic carbocycles. The maximum Gasteiger partial charge on any atom is 0.414 e. The first-order chi connectivity index (χ1) is 13.9. The predicted molar refractivity (Wildman–Crippen MR) is 109 cm³/mol. The summed E-state index contributed by atoms with van der Waals surface area (Å²) >= 11 is 6.00. The van der Waals surface area contributed by atoms with Crippen LogP contribution in [0.2, 0.25) is 5.02 Å². The lowest BCUT2D eigenvalue weighted by Crippen LogP contribution is -2.31. The molecule has 0 fully saturated rings. The van der Waals surface area contributed by atoms with E-state index in [0.717, 1.165) is 12.1 Å². The standard InChI is InChI=1S/C18H18ClN3O.C2H2O4/c19-16-7-3-1-6-15(16)18(23)21-10-9-20-11-13-12-22-17-8-4-2-5-14(13)17;3-1(4)2(5)6/h1-8,12,20,22H,9-11H2,(H,21,23);(H,3,4)(H,5,6). The largest absolute Gasteiger partial charge is 0.473 e. The van der Waals surface area contributed by atoms with E-state index in [4.69, 9.17) is 31.4 Å². The molecule has 3 aromatic rings. The molecule has 1 heterocycles. The number of aromatic amines is 1. The minimum absolute atomic E-state index is 0.149. The third kappa shape index (κ3) is 6.63. The van der Waals surface area contributed by atoms with Gasteiger partial charge in [0.25, 0.3) is 5.91 Å². The second kappa shape index (κ2) is 10.8. The zero-order valence-electron chi connectivity index (χ0n) is 15.3. The number of carbonyl (C=O) groups excluding carboxylic acids is 1. The lowest BCUT2D eigenvalue weighted by atomic mass is 10.2. The number of carboxylic acids is 2. The number of H-pyrrole nitrogens is 1. The lowest BCUT2D eigenvalue weighted by Gasteiger charge is -2.07. The summed E-state index contributed by atoms with van der Waals surface area (Å²) in [6.07, 6.45) is 2.01. The summed E-state index contributed by atoms with van der Waals surface area (Å²) in [5.74, 6) is -3.80. The first kappa shape index (κ1) is 21.9. The highest BCUT2D eigenvalue weighted by Gasteiger charge is 2.08. The van der Waals surface area contributed by atoms with Crippen molar-refractivity contribution in [3.05, 3.63) is 70.9 Å². The molecule has 29 heavy (non-hydrogen) atoms. The van der Waals surface area contributed by atoms with Gasteiger partial charge in [-0.15, -0.1) is 0 Å². The number of aromatic nitrogens is 1. The Morgan fingerprint density at radius 3 is 2.28 bits per heavy atom. The Labute approximate surface area is 171 Å². The molecule has 0 aliphatic carbocycles. The number of hydrogen-bond acceptors (Lipinski definition) is 4. The number of nitrogens with one attached hydrogen (secondary N) is 3. The van der Waals surface area contributed by atoms with Gasteiger partial charge in [0.1, 0.15) is 0 Å². The third-order valence-corrected chi connectivity index (χ3v) is 4.21. The number of benzene rings is 2. The number of para-hydroxylation sites is 1. The van der Waals surface area contributed by atoms with Crippen LogP contribution in [0.4, 0.5) is 0 Å². The molecule has 0 aliphatic rings. The van der Waals surface area contributed by atoms with Crippen LogP contribution in [-0.4, -0.2) is 46.1 Å². The molecule has 0 saturated carbocycles. The maximum atomic E-state index is 12.0. The molecule has 3 rings (SSSR count). The molecule has 0 spiro atoms. The second-order valence-electron chi connectivity index (χ2n) is 5.88. The van der Waals surface area contributed by atoms with Crippen molar-refractivity contribution < 1.29 is 24.6 Å². The van der Waals surface area contributed by atoms with Gasteiger partial charge < -0.3 is 25.8 Å². The maximum absolute atomic E-state index is 12.0. The number of carboxylic acid groups (broad SMARTS) is 2. The topological polar surface area (TPSA) is 132 Å². The highest BCUT2D eigenvalue weighted by Crippen LogP contribution is 2.17. The summed E-state index contributed by atoms with van der Waals surface area (Å²) in [5.41, 5.74) is 2.86. The van der Waals surface area contributed by atoms with Crippen molar-refractivity contribution in [3.63, 3.8) is 0 Å². The summed E-state index contributed by atoms with van der Waals surface area (Å²) in [5, 5.41) is 22.7. The Balaban J connectivity index is 0.000000438. The quantitative estimate of drug-likeness (QED) is 0.309. The van der Waals surface area contributed by atoms with Crippen LogP contribution >= 0.6 is 11.6 Å². The molecule has 0 atom stereocenters. The van der Waals surface area contributed by atoms with Crippen LogP contribution in [0.25, 0.3) is 10.9 Å². The SMILES string of the molecule is O=C(NCCNCc1c[nH]c2ccccc12)c1ccccc1Cl.O=C(O)C(=O)O. The Morgan fingerprint density at radius 1 is 0.931 bits per heavy atom. The van der Waals surface area contributed by atoms with Gasteiger partial charge >= 0.3 is 11.9 Å². The van der Waals surface area contributed by atoms with Crippen LogP contribution in [0.1, 0.15) is 15.9 Å². The van der Waals surface area contributed by atoms with Gasteiger partial charge in [-0.1, -0.05) is 41.9 Å². The van der Waals surface area contributed by atoms with Crippen molar-refractivity contribution in [2.24, 2.45) is 0 Å². The molecule has 0 unspecified atom stereocenters. The number of carbonyl (C=O) groups is 3. The fourth-order valence-electron chi connectivity index (χ4n) is 2.51. The van der Waals surface area contributed by atoms with E-state index < -0.39 is 11.9 Å². The molecule has 1 aromatic heterocycles. The zero-order chi connectivity index (χ0) is 21.2. The fourth-order valence-corrected chi connectivity index (χ4v) is 2.73. The summed E-state index contributed by atoms with van der Waals surface area (Å²) in [7, 11) is 0. The van der Waals surface area contributed by atoms with Crippen molar-refractivity contribution in [1.82, 2.24) is 15.6 Å². The van der Waals surface area contributed by atoms with Crippen LogP contribution in [-0.2, 0) is 16.1 Å². The van der Waals surface area contributed by atoms with Gasteiger partial charge in [-0.2, -0.15) is 0 Å². The number of halogens is 1. The molecular formula is C20H20ClN3O5. The lowest BCUT2D eigenvalue weighted by molar-refractivity contribution is -0.159. The monoisotopic (exact) mass is 417 g/mol. The van der Waals surface area contributed by atoms with Gasteiger partial charge in [0.2, 0.25) is 0 Å². The molecule has 8 nitrogen and oxygen atoms in total. The number of amides is 1. The Morgan fingerprint density at radius 2 is 1.59 bits per heavy atom. The van der Waals surface area contributed by atoms with Crippen LogP contribution in [0.15, 0.2) is 54.7 Å². The average Bonchev–Trinajstić information content (AvgIpc) is 3.11. The van der Waals surface area contributed by atoms with Crippen molar-refractivity contribution >= 4 is 40.3 Å². The molecule has 0 saturated heterocycles. The highest BCUT2D eigenvalue weighted by molar-refractivity contribution is 6.33. The Hall–Kier alpha value is -3.36. The summed E-state index contributed by atoms with van der Waals surface area (Å²) < 4.78 is 0. The van der Waals surface area contributed by atoms with E-state index >= 15 is 0 Å². The van der Waals surface area contributed by atoms with Gasteiger partial charge in [-0.3, -0.25) is 4.79 Å². The normalized spacial score (nSPS) is 10.1. The fraction of sp³-hybridized carbons (Fsp3) is 0.150. The molecule has 152 valence electrons. The third-order valence-electron chi connectivity index (χ3n) is 3.88. The number of hydrogen-bond donors (Lipinski definition) is 5. The minimum atomic E-state index is -1.82. The van der Waals surface area contributed by atoms with Gasteiger partial charge in [0, 0.05) is 36.7 Å². The van der Waals surface area contributed by atoms with E-state index in [-0.39, 0.29) is 5.91 Å². The molecule has 1 amide bonds. The summed E-state index contributed by atoms with van der Waals surface area (Å²) in [6.45, 7) is 1.99. The molecule has 0 aliphatic heterocycles. The zero-order valence-corrected chi connectivity index (χ0v) is 16.1. The first-order valence-electron chi connectivity index (χ1n) is 8.64. The van der Waals surface area contributed by atoms with E-state index in [2.05, 4.69) is 27.8 Å². The van der Waals surface area contributed by atoms with E-state index in [1.807, 2.05) is 24.4 Å². The van der Waals surface area contributed by atoms with Crippen molar-refractivity contribution in [1.29, 1.82) is 0 Å². The second-order valence-corrected chi connectivity index (χ2v) is 6.29. The number of fused-ring (bicyclic) bond motifs is 1. The van der Waals surface area contributed by atoms with Gasteiger partial charge in [-0.05, 0) is 23.8 Å². The molecule has 0 radical (unpaired) electrons. The van der Waals surface area contributed by atoms with Crippen LogP contribution < -0.4 is 10.6 Å². The van der Waals surface area contributed by atoms with Gasteiger partial charge in [0.15, 0.2) is 0 Å². The van der Waals surface area contributed by atoms with E-state index in [0.29, 0.717) is 23.7 Å². The Bertz CT molecular complexity index is 990. The van der Waals surface area contributed by atoms with Gasteiger partial charge in [0.05, 0.1) is 10.6 Å². The first-order valence-corrected chi connectivity index (χ1v) is 9.02. The Kier molecular flexibility index (Phi) is 8.20. The van der Waals surface area contributed by atoms with E-state index in [1.165, 1.54) is 10.9 Å². The summed E-state index contributed by atoms with van der Waals surface area (Å²) in [4.78, 5) is 33.5. The van der Waals surface area contributed by atoms with Crippen molar-refractivity contribution in [2.75, 3.05) is 13.1 Å². The minimum Gasteiger partial charge on any atom is -0.473 e. The van der Waals surface area contributed by atoms with E-state index in [9.17, 15) is 4.79 Å².